The van der Waals surface area contributed by atoms with Crippen molar-refractivity contribution < 1.29 is 9.59 Å². The van der Waals surface area contributed by atoms with Crippen LogP contribution >= 0.6 is 11.6 Å². The number of hydrazine groups is 1. The van der Waals surface area contributed by atoms with Crippen LogP contribution in [0.1, 0.15) is 31.8 Å². The Kier molecular flexibility index (Phi) is 3.90. The van der Waals surface area contributed by atoms with Crippen LogP contribution in [-0.2, 0) is 12.8 Å². The molecule has 2 amide bonds. The van der Waals surface area contributed by atoms with E-state index >= 15 is 0 Å². The minimum absolute atomic E-state index is 0.335. The summed E-state index contributed by atoms with van der Waals surface area (Å²) in [6, 6.07) is 16.3. The summed E-state index contributed by atoms with van der Waals surface area (Å²) in [7, 11) is 0. The molecule has 0 spiro atoms. The lowest BCUT2D eigenvalue weighted by atomic mass is 10.00. The first-order valence-electron chi connectivity index (χ1n) is 8.03. The molecule has 0 aromatic heterocycles. The first-order chi connectivity index (χ1) is 12.1. The molecule has 1 aliphatic rings. The Labute approximate surface area is 149 Å². The fraction of sp³-hybridized carbons (Fsp3) is 0.100. The van der Waals surface area contributed by atoms with Crippen LogP contribution in [0.25, 0.3) is 10.8 Å². The van der Waals surface area contributed by atoms with Crippen LogP contribution in [0.4, 0.5) is 0 Å². The van der Waals surface area contributed by atoms with E-state index < -0.39 is 5.91 Å². The van der Waals surface area contributed by atoms with Crippen molar-refractivity contribution in [3.05, 3.63) is 81.9 Å². The maximum atomic E-state index is 12.5. The van der Waals surface area contributed by atoms with Crippen LogP contribution in [0.15, 0.2) is 54.6 Å². The highest BCUT2D eigenvalue weighted by Crippen LogP contribution is 2.32. The number of amides is 2. The third-order valence-electron chi connectivity index (χ3n) is 4.52. The van der Waals surface area contributed by atoms with Gasteiger partial charge in [-0.15, -0.1) is 0 Å². The van der Waals surface area contributed by atoms with Gasteiger partial charge < -0.3 is 0 Å². The average molecular weight is 351 g/mol. The lowest BCUT2D eigenvalue weighted by Crippen LogP contribution is -2.41. The van der Waals surface area contributed by atoms with E-state index in [4.69, 9.17) is 11.6 Å². The van der Waals surface area contributed by atoms with Gasteiger partial charge in [-0.2, -0.15) is 0 Å². The van der Waals surface area contributed by atoms with Crippen molar-refractivity contribution in [3.63, 3.8) is 0 Å². The predicted octanol–water partition coefficient (Wildman–Crippen LogP) is 3.67. The van der Waals surface area contributed by atoms with Crippen molar-refractivity contribution in [2.24, 2.45) is 0 Å². The van der Waals surface area contributed by atoms with Crippen molar-refractivity contribution in [1.29, 1.82) is 0 Å². The molecule has 3 aromatic carbocycles. The van der Waals surface area contributed by atoms with Crippen molar-refractivity contribution in [3.8, 4) is 0 Å². The zero-order chi connectivity index (χ0) is 17.4. The normalized spacial score (nSPS) is 12.2. The third-order valence-corrected chi connectivity index (χ3v) is 4.77. The fourth-order valence-corrected chi connectivity index (χ4v) is 3.43. The van der Waals surface area contributed by atoms with Crippen LogP contribution in [0.2, 0.25) is 5.02 Å². The maximum absolute atomic E-state index is 12.5. The van der Waals surface area contributed by atoms with Crippen molar-refractivity contribution in [2.45, 2.75) is 12.8 Å². The number of nitrogens with one attached hydrogen (secondary N) is 2. The Hall–Kier alpha value is -2.85. The Bertz CT molecular complexity index is 986. The average Bonchev–Trinajstić information content (AvgIpc) is 3.05. The second kappa shape index (κ2) is 6.22. The highest BCUT2D eigenvalue weighted by atomic mass is 35.5. The molecule has 0 radical (unpaired) electrons. The molecule has 0 atom stereocenters. The number of hydrogen-bond donors (Lipinski definition) is 2. The summed E-state index contributed by atoms with van der Waals surface area (Å²) in [6.45, 7) is 0. The molecule has 0 heterocycles. The highest BCUT2D eigenvalue weighted by molar-refractivity contribution is 6.30. The number of carbonyl (C=O) groups is 2. The van der Waals surface area contributed by atoms with Crippen LogP contribution in [0.3, 0.4) is 0 Å². The van der Waals surface area contributed by atoms with E-state index in [1.54, 1.807) is 24.3 Å². The molecule has 0 bridgehead atoms. The van der Waals surface area contributed by atoms with Gasteiger partial charge in [0.15, 0.2) is 0 Å². The smallest absolute Gasteiger partial charge is 0.267 e. The van der Waals surface area contributed by atoms with Crippen LogP contribution in [0.5, 0.6) is 0 Å². The van der Waals surface area contributed by atoms with E-state index in [0.29, 0.717) is 16.1 Å². The van der Waals surface area contributed by atoms with Gasteiger partial charge in [-0.05, 0) is 65.1 Å². The third kappa shape index (κ3) is 2.85. The van der Waals surface area contributed by atoms with Gasteiger partial charge in [-0.3, -0.25) is 20.4 Å². The SMILES string of the molecule is O=C(NNC(=O)c1ccc2c3c(cccc13)CC2)c1ccc(Cl)cc1. The lowest BCUT2D eigenvalue weighted by Gasteiger charge is -2.11. The molecule has 0 aliphatic heterocycles. The Morgan fingerprint density at radius 1 is 0.800 bits per heavy atom. The van der Waals surface area contributed by atoms with Crippen LogP contribution in [-0.4, -0.2) is 11.8 Å². The zero-order valence-corrected chi connectivity index (χ0v) is 14.1. The van der Waals surface area contributed by atoms with Crippen LogP contribution < -0.4 is 10.9 Å². The maximum Gasteiger partial charge on any atom is 0.270 e. The summed E-state index contributed by atoms with van der Waals surface area (Å²) in [4.78, 5) is 24.6. The molecule has 0 saturated heterocycles. The van der Waals surface area contributed by atoms with E-state index in [1.165, 1.54) is 16.5 Å². The molecule has 5 heteroatoms. The zero-order valence-electron chi connectivity index (χ0n) is 13.3. The molecule has 124 valence electrons. The second-order valence-electron chi connectivity index (χ2n) is 6.03. The number of benzene rings is 3. The molecule has 4 nitrogen and oxygen atoms in total. The standard InChI is InChI=1S/C20H15ClN2O2/c21-15-9-6-14(7-10-15)19(24)22-23-20(25)17-11-8-13-5-4-12-2-1-3-16(17)18(12)13/h1-3,6-11H,4-5H2,(H,22,24)(H,23,25). The molecular weight excluding hydrogens is 336 g/mol. The fourth-order valence-electron chi connectivity index (χ4n) is 3.30. The molecule has 0 unspecified atom stereocenters. The Morgan fingerprint density at radius 2 is 1.48 bits per heavy atom. The highest BCUT2D eigenvalue weighted by Gasteiger charge is 2.19. The van der Waals surface area contributed by atoms with Crippen LogP contribution in [0, 0.1) is 0 Å². The minimum Gasteiger partial charge on any atom is -0.267 e. The molecule has 0 fully saturated rings. The first kappa shape index (κ1) is 15.7. The number of halogens is 1. The van der Waals surface area contributed by atoms with E-state index in [2.05, 4.69) is 16.9 Å². The topological polar surface area (TPSA) is 58.2 Å². The van der Waals surface area contributed by atoms with Gasteiger partial charge in [0.1, 0.15) is 0 Å². The van der Waals surface area contributed by atoms with Gasteiger partial charge in [0, 0.05) is 16.1 Å². The largest absolute Gasteiger partial charge is 0.270 e. The summed E-state index contributed by atoms with van der Waals surface area (Å²) in [5.41, 5.74) is 8.45. The van der Waals surface area contributed by atoms with Gasteiger partial charge in [0.05, 0.1) is 0 Å². The van der Waals surface area contributed by atoms with Crippen molar-refractivity contribution in [2.75, 3.05) is 0 Å². The summed E-state index contributed by atoms with van der Waals surface area (Å²) in [5.74, 6) is -0.728. The van der Waals surface area contributed by atoms with Crippen molar-refractivity contribution >= 4 is 34.2 Å². The van der Waals surface area contributed by atoms with E-state index in [0.717, 1.165) is 18.2 Å². The molecular formula is C20H15ClN2O2. The monoisotopic (exact) mass is 350 g/mol. The Balaban J connectivity index is 1.55. The summed E-state index contributed by atoms with van der Waals surface area (Å²) in [5, 5.41) is 2.64. The predicted molar refractivity (Wildman–Crippen MR) is 97.7 cm³/mol. The summed E-state index contributed by atoms with van der Waals surface area (Å²) < 4.78 is 0. The molecule has 25 heavy (non-hydrogen) atoms. The van der Waals surface area contributed by atoms with Gasteiger partial charge in [0.25, 0.3) is 11.8 Å². The summed E-state index contributed by atoms with van der Waals surface area (Å²) >= 11 is 5.81. The first-order valence-corrected chi connectivity index (χ1v) is 8.41. The molecule has 2 N–H and O–H groups in total. The van der Waals surface area contributed by atoms with Gasteiger partial charge in [-0.1, -0.05) is 35.9 Å². The quantitative estimate of drug-likeness (QED) is 0.693. The number of rotatable bonds is 2. The molecule has 0 saturated carbocycles. The molecule has 4 rings (SSSR count). The van der Waals surface area contributed by atoms with Crippen molar-refractivity contribution in [1.82, 2.24) is 10.9 Å². The van der Waals surface area contributed by atoms with Gasteiger partial charge in [0.2, 0.25) is 0 Å². The number of aryl methyl sites for hydroxylation is 2. The molecule has 3 aromatic rings. The number of carbonyl (C=O) groups excluding carboxylic acids is 2. The number of hydrogen-bond acceptors (Lipinski definition) is 2. The van der Waals surface area contributed by atoms with Gasteiger partial charge in [-0.25, -0.2) is 0 Å². The minimum atomic E-state index is -0.393. The Morgan fingerprint density at radius 3 is 2.24 bits per heavy atom. The second-order valence-corrected chi connectivity index (χ2v) is 6.46. The lowest BCUT2D eigenvalue weighted by molar-refractivity contribution is 0.0847. The van der Waals surface area contributed by atoms with E-state index in [9.17, 15) is 9.59 Å². The van der Waals surface area contributed by atoms with Gasteiger partial charge >= 0.3 is 0 Å². The summed E-state index contributed by atoms with van der Waals surface area (Å²) in [6.07, 6.45) is 2.01. The van der Waals surface area contributed by atoms with E-state index in [1.807, 2.05) is 24.3 Å². The van der Waals surface area contributed by atoms with E-state index in [-0.39, 0.29) is 5.91 Å². The molecule has 1 aliphatic carbocycles.